The van der Waals surface area contributed by atoms with E-state index in [0.29, 0.717) is 22.2 Å². The van der Waals surface area contributed by atoms with Gasteiger partial charge in [0.1, 0.15) is 11.3 Å². The van der Waals surface area contributed by atoms with E-state index >= 15 is 0 Å². The highest BCUT2D eigenvalue weighted by Crippen LogP contribution is 2.29. The third-order valence-electron chi connectivity index (χ3n) is 4.49. The lowest BCUT2D eigenvalue weighted by atomic mass is 9.97. The lowest BCUT2D eigenvalue weighted by molar-refractivity contribution is -0.134. The third-order valence-corrected chi connectivity index (χ3v) is 4.82. The molecule has 5 nitrogen and oxygen atoms in total. The maximum Gasteiger partial charge on any atom is 0.260 e. The van der Waals surface area contributed by atoms with Crippen LogP contribution in [0.5, 0.6) is 5.75 Å². The third kappa shape index (κ3) is 3.79. The van der Waals surface area contributed by atoms with Gasteiger partial charge in [0.2, 0.25) is 0 Å². The van der Waals surface area contributed by atoms with E-state index in [1.165, 1.54) is 0 Å². The van der Waals surface area contributed by atoms with Crippen LogP contribution in [0.2, 0.25) is 5.02 Å². The molecular weight excluding hydrogens is 326 g/mol. The second kappa shape index (κ2) is 7.81. The standard InChI is InChI=1S/C18H22ClN3O2/c1-20-11-13-6-9-22(10-7-13)17(23)12-24-16-5-4-15(19)14-3-2-8-21-18(14)16/h2-5,8,13,20H,6-7,9-12H2,1H3. The van der Waals surface area contributed by atoms with Gasteiger partial charge in [-0.05, 0) is 56.6 Å². The van der Waals surface area contributed by atoms with Crippen LogP contribution in [-0.4, -0.2) is 49.1 Å². The Hall–Kier alpha value is -1.85. The van der Waals surface area contributed by atoms with Gasteiger partial charge < -0.3 is 15.0 Å². The van der Waals surface area contributed by atoms with Crippen molar-refractivity contribution in [3.63, 3.8) is 0 Å². The van der Waals surface area contributed by atoms with Crippen LogP contribution in [0.15, 0.2) is 30.5 Å². The summed E-state index contributed by atoms with van der Waals surface area (Å²) in [5.74, 6) is 1.27. The van der Waals surface area contributed by atoms with E-state index in [9.17, 15) is 4.79 Å². The van der Waals surface area contributed by atoms with E-state index in [4.69, 9.17) is 16.3 Å². The quantitative estimate of drug-likeness (QED) is 0.903. The number of nitrogens with one attached hydrogen (secondary N) is 1. The number of halogens is 1. The summed E-state index contributed by atoms with van der Waals surface area (Å²) in [5.41, 5.74) is 0.686. The first-order valence-electron chi connectivity index (χ1n) is 8.27. The highest BCUT2D eigenvalue weighted by molar-refractivity contribution is 6.35. The van der Waals surface area contributed by atoms with Gasteiger partial charge in [0.15, 0.2) is 6.61 Å². The Kier molecular flexibility index (Phi) is 5.53. The number of rotatable bonds is 5. The van der Waals surface area contributed by atoms with Crippen molar-refractivity contribution in [3.05, 3.63) is 35.5 Å². The minimum absolute atomic E-state index is 0.0249. The molecule has 0 saturated carbocycles. The number of amides is 1. The molecule has 0 atom stereocenters. The fourth-order valence-corrected chi connectivity index (χ4v) is 3.35. The van der Waals surface area contributed by atoms with Crippen LogP contribution in [-0.2, 0) is 4.79 Å². The van der Waals surface area contributed by atoms with Crippen LogP contribution in [0.1, 0.15) is 12.8 Å². The molecule has 1 fully saturated rings. The minimum atomic E-state index is 0.0249. The topological polar surface area (TPSA) is 54.5 Å². The molecule has 0 aliphatic carbocycles. The van der Waals surface area contributed by atoms with Crippen molar-refractivity contribution >= 4 is 28.4 Å². The average Bonchev–Trinajstić information content (AvgIpc) is 2.62. The Bertz CT molecular complexity index is 714. The second-order valence-electron chi connectivity index (χ2n) is 6.12. The molecule has 0 spiro atoms. The Morgan fingerprint density at radius 3 is 2.92 bits per heavy atom. The van der Waals surface area contributed by atoms with Crippen molar-refractivity contribution in [2.45, 2.75) is 12.8 Å². The minimum Gasteiger partial charge on any atom is -0.481 e. The van der Waals surface area contributed by atoms with Crippen molar-refractivity contribution in [3.8, 4) is 5.75 Å². The summed E-state index contributed by atoms with van der Waals surface area (Å²) in [5, 5.41) is 4.66. The Morgan fingerprint density at radius 1 is 1.38 bits per heavy atom. The van der Waals surface area contributed by atoms with Crippen molar-refractivity contribution in [2.24, 2.45) is 5.92 Å². The largest absolute Gasteiger partial charge is 0.481 e. The molecule has 0 bridgehead atoms. The zero-order chi connectivity index (χ0) is 16.9. The molecule has 128 valence electrons. The highest BCUT2D eigenvalue weighted by atomic mass is 35.5. The Labute approximate surface area is 146 Å². The van der Waals surface area contributed by atoms with Gasteiger partial charge in [-0.3, -0.25) is 9.78 Å². The zero-order valence-electron chi connectivity index (χ0n) is 13.8. The van der Waals surface area contributed by atoms with E-state index in [1.54, 1.807) is 18.3 Å². The number of ether oxygens (including phenoxy) is 1. The number of likely N-dealkylation sites (tertiary alicyclic amines) is 1. The van der Waals surface area contributed by atoms with Gasteiger partial charge in [0.05, 0.1) is 5.02 Å². The molecule has 1 N–H and O–H groups in total. The van der Waals surface area contributed by atoms with Gasteiger partial charge in [-0.2, -0.15) is 0 Å². The molecule has 0 unspecified atom stereocenters. The number of fused-ring (bicyclic) bond motifs is 1. The summed E-state index contributed by atoms with van der Waals surface area (Å²) >= 11 is 6.18. The fourth-order valence-electron chi connectivity index (χ4n) is 3.13. The van der Waals surface area contributed by atoms with Gasteiger partial charge in [-0.25, -0.2) is 0 Å². The van der Waals surface area contributed by atoms with E-state index in [1.807, 2.05) is 24.1 Å². The number of hydrogen-bond acceptors (Lipinski definition) is 4. The lowest BCUT2D eigenvalue weighted by Crippen LogP contribution is -2.42. The average molecular weight is 348 g/mol. The number of carbonyl (C=O) groups is 1. The molecule has 1 aromatic heterocycles. The highest BCUT2D eigenvalue weighted by Gasteiger charge is 2.22. The molecule has 1 aliphatic heterocycles. The normalized spacial score (nSPS) is 15.7. The number of hydrogen-bond donors (Lipinski definition) is 1. The maximum atomic E-state index is 12.4. The summed E-state index contributed by atoms with van der Waals surface area (Å²) in [6.45, 7) is 2.65. The SMILES string of the molecule is CNCC1CCN(C(=O)COc2ccc(Cl)c3cccnc23)CC1. The first kappa shape index (κ1) is 17.0. The predicted octanol–water partition coefficient (Wildman–Crippen LogP) is 2.73. The van der Waals surface area contributed by atoms with E-state index in [2.05, 4.69) is 10.3 Å². The van der Waals surface area contributed by atoms with Crippen molar-refractivity contribution < 1.29 is 9.53 Å². The van der Waals surface area contributed by atoms with Gasteiger partial charge in [0.25, 0.3) is 5.91 Å². The number of pyridine rings is 1. The van der Waals surface area contributed by atoms with Crippen molar-refractivity contribution in [2.75, 3.05) is 33.3 Å². The maximum absolute atomic E-state index is 12.4. The molecule has 0 radical (unpaired) electrons. The molecule has 1 aromatic carbocycles. The summed E-state index contributed by atoms with van der Waals surface area (Å²) in [6, 6.07) is 7.27. The van der Waals surface area contributed by atoms with Crippen LogP contribution < -0.4 is 10.1 Å². The lowest BCUT2D eigenvalue weighted by Gasteiger charge is -2.31. The van der Waals surface area contributed by atoms with Gasteiger partial charge in [0, 0.05) is 24.7 Å². The smallest absolute Gasteiger partial charge is 0.260 e. The first-order chi connectivity index (χ1) is 11.7. The molecule has 24 heavy (non-hydrogen) atoms. The Morgan fingerprint density at radius 2 is 2.17 bits per heavy atom. The summed E-state index contributed by atoms with van der Waals surface area (Å²) in [7, 11) is 1.97. The molecular formula is C18H22ClN3O2. The molecule has 1 amide bonds. The first-order valence-corrected chi connectivity index (χ1v) is 8.65. The summed E-state index contributed by atoms with van der Waals surface area (Å²) in [6.07, 6.45) is 3.77. The zero-order valence-corrected chi connectivity index (χ0v) is 14.6. The van der Waals surface area contributed by atoms with Crippen LogP contribution >= 0.6 is 11.6 Å². The monoisotopic (exact) mass is 347 g/mol. The fraction of sp³-hybridized carbons (Fsp3) is 0.444. The van der Waals surface area contributed by atoms with Crippen molar-refractivity contribution in [1.29, 1.82) is 0 Å². The number of aromatic nitrogens is 1. The molecule has 2 aromatic rings. The van der Waals surface area contributed by atoms with Crippen LogP contribution in [0.25, 0.3) is 10.9 Å². The van der Waals surface area contributed by atoms with Gasteiger partial charge in [-0.15, -0.1) is 0 Å². The number of carbonyl (C=O) groups excluding carboxylic acids is 1. The number of benzene rings is 1. The van der Waals surface area contributed by atoms with Crippen LogP contribution in [0, 0.1) is 5.92 Å². The number of nitrogens with zero attached hydrogens (tertiary/aromatic N) is 2. The molecule has 1 saturated heterocycles. The van der Waals surface area contributed by atoms with Gasteiger partial charge >= 0.3 is 0 Å². The van der Waals surface area contributed by atoms with Crippen LogP contribution in [0.4, 0.5) is 0 Å². The predicted molar refractivity (Wildman–Crippen MR) is 95.5 cm³/mol. The number of piperidine rings is 1. The van der Waals surface area contributed by atoms with Crippen LogP contribution in [0.3, 0.4) is 0 Å². The molecule has 1 aliphatic rings. The molecule has 3 rings (SSSR count). The van der Waals surface area contributed by atoms with E-state index < -0.39 is 0 Å². The van der Waals surface area contributed by atoms with Gasteiger partial charge in [-0.1, -0.05) is 11.6 Å². The molecule has 6 heteroatoms. The summed E-state index contributed by atoms with van der Waals surface area (Å²) in [4.78, 5) is 18.6. The second-order valence-corrected chi connectivity index (χ2v) is 6.52. The van der Waals surface area contributed by atoms with E-state index in [0.717, 1.165) is 37.9 Å². The molecule has 2 heterocycles. The summed E-state index contributed by atoms with van der Waals surface area (Å²) < 4.78 is 5.74. The van der Waals surface area contributed by atoms with E-state index in [-0.39, 0.29) is 12.5 Å². The Balaban J connectivity index is 1.60. The van der Waals surface area contributed by atoms with Crippen molar-refractivity contribution in [1.82, 2.24) is 15.2 Å².